The Balaban J connectivity index is 3.50. The summed E-state index contributed by atoms with van der Waals surface area (Å²) >= 11 is 0. The molecule has 2 heteroatoms. The van der Waals surface area contributed by atoms with Crippen LogP contribution in [0.1, 0.15) is 26.7 Å². The van der Waals surface area contributed by atoms with Gasteiger partial charge in [0.15, 0.2) is 0 Å². The normalized spacial score (nSPS) is 17.6. The highest BCUT2D eigenvalue weighted by Gasteiger charge is 2.09. The first-order valence-electron chi connectivity index (χ1n) is 3.77. The minimum absolute atomic E-state index is 0.0961. The van der Waals surface area contributed by atoms with E-state index in [0.29, 0.717) is 0 Å². The number of hydrogen-bond donors (Lipinski definition) is 2. The van der Waals surface area contributed by atoms with Crippen LogP contribution in [-0.4, -0.2) is 17.3 Å². The third kappa shape index (κ3) is 3.64. The minimum Gasteiger partial charge on any atom is -0.392 e. The topological polar surface area (TPSA) is 46.2 Å². The van der Waals surface area contributed by atoms with Gasteiger partial charge >= 0.3 is 0 Å². The molecule has 0 aromatic carbocycles. The van der Waals surface area contributed by atoms with Crippen molar-refractivity contribution in [2.24, 2.45) is 5.73 Å². The van der Waals surface area contributed by atoms with Gasteiger partial charge in [-0.15, -0.1) is 0 Å². The van der Waals surface area contributed by atoms with Crippen molar-refractivity contribution in [2.45, 2.75) is 38.8 Å². The second-order valence-electron chi connectivity index (χ2n) is 2.44. The van der Waals surface area contributed by atoms with Gasteiger partial charge in [-0.2, -0.15) is 0 Å². The van der Waals surface area contributed by atoms with E-state index < -0.39 is 0 Å². The molecule has 0 aliphatic carbocycles. The highest BCUT2D eigenvalue weighted by Crippen LogP contribution is 2.00. The predicted molar refractivity (Wildman–Crippen MR) is 43.7 cm³/mol. The second kappa shape index (κ2) is 5.45. The maximum atomic E-state index is 9.19. The zero-order valence-corrected chi connectivity index (χ0v) is 6.75. The third-order valence-electron chi connectivity index (χ3n) is 1.56. The van der Waals surface area contributed by atoms with Crippen LogP contribution in [0.5, 0.6) is 0 Å². The molecule has 0 rings (SSSR count). The molecule has 0 fully saturated rings. The molecule has 0 bridgehead atoms. The summed E-state index contributed by atoms with van der Waals surface area (Å²) in [5.41, 5.74) is 5.61. The van der Waals surface area contributed by atoms with E-state index in [9.17, 15) is 5.11 Å². The molecular formula is C8H17NO. The van der Waals surface area contributed by atoms with Gasteiger partial charge in [0.1, 0.15) is 0 Å². The van der Waals surface area contributed by atoms with E-state index in [-0.39, 0.29) is 12.1 Å². The Bertz CT molecular complexity index is 101. The van der Waals surface area contributed by atoms with Crippen LogP contribution in [0.3, 0.4) is 0 Å². The average molecular weight is 143 g/mol. The largest absolute Gasteiger partial charge is 0.392 e. The summed E-state index contributed by atoms with van der Waals surface area (Å²) in [4.78, 5) is 0. The molecule has 10 heavy (non-hydrogen) atoms. The lowest BCUT2D eigenvalue weighted by Crippen LogP contribution is -2.33. The van der Waals surface area contributed by atoms with Gasteiger partial charge in [-0.1, -0.05) is 19.1 Å². The summed E-state index contributed by atoms with van der Waals surface area (Å²) in [6, 6.07) is -0.0961. The van der Waals surface area contributed by atoms with Crippen LogP contribution in [0, 0.1) is 0 Å². The molecule has 2 nitrogen and oxygen atoms in total. The van der Waals surface area contributed by atoms with Gasteiger partial charge in [0, 0.05) is 6.04 Å². The number of nitrogens with two attached hydrogens (primary N) is 1. The molecule has 0 radical (unpaired) electrons. The van der Waals surface area contributed by atoms with Gasteiger partial charge in [-0.3, -0.25) is 0 Å². The van der Waals surface area contributed by atoms with Gasteiger partial charge in [0.05, 0.1) is 6.10 Å². The Kier molecular flexibility index (Phi) is 5.26. The molecule has 0 saturated carbocycles. The van der Waals surface area contributed by atoms with Gasteiger partial charge < -0.3 is 10.8 Å². The maximum absolute atomic E-state index is 9.19. The van der Waals surface area contributed by atoms with E-state index in [1.165, 1.54) is 0 Å². The maximum Gasteiger partial charge on any atom is 0.0691 e. The number of hydrogen-bond acceptors (Lipinski definition) is 2. The van der Waals surface area contributed by atoms with E-state index in [1.54, 1.807) is 0 Å². The Hall–Kier alpha value is -0.340. The van der Waals surface area contributed by atoms with Crippen molar-refractivity contribution in [3.05, 3.63) is 12.2 Å². The Morgan fingerprint density at radius 1 is 1.60 bits per heavy atom. The Labute approximate surface area is 62.7 Å². The zero-order valence-electron chi connectivity index (χ0n) is 6.75. The van der Waals surface area contributed by atoms with Gasteiger partial charge in [-0.05, 0) is 19.8 Å². The first-order valence-corrected chi connectivity index (χ1v) is 3.77. The third-order valence-corrected chi connectivity index (χ3v) is 1.56. The van der Waals surface area contributed by atoms with Crippen molar-refractivity contribution >= 4 is 0 Å². The van der Waals surface area contributed by atoms with E-state index in [1.807, 2.05) is 26.0 Å². The van der Waals surface area contributed by atoms with Crippen molar-refractivity contribution in [1.82, 2.24) is 0 Å². The predicted octanol–water partition coefficient (Wildman–Crippen LogP) is 1.05. The molecule has 0 aromatic rings. The standard InChI is InChI=1S/C8H17NO/c1-3-5-6-7(9)8(10)4-2/h3,5,7-8,10H,4,6,9H2,1-2H3. The fourth-order valence-corrected chi connectivity index (χ4v) is 0.753. The van der Waals surface area contributed by atoms with E-state index in [4.69, 9.17) is 5.73 Å². The Morgan fingerprint density at radius 2 is 2.20 bits per heavy atom. The molecule has 60 valence electrons. The summed E-state index contributed by atoms with van der Waals surface area (Å²) in [6.45, 7) is 3.88. The smallest absolute Gasteiger partial charge is 0.0691 e. The van der Waals surface area contributed by atoms with Crippen molar-refractivity contribution in [3.63, 3.8) is 0 Å². The summed E-state index contributed by atoms with van der Waals surface area (Å²) in [6.07, 6.45) is 5.08. The van der Waals surface area contributed by atoms with Crippen molar-refractivity contribution in [1.29, 1.82) is 0 Å². The van der Waals surface area contributed by atoms with Crippen molar-refractivity contribution in [3.8, 4) is 0 Å². The zero-order chi connectivity index (χ0) is 7.98. The van der Waals surface area contributed by atoms with Crippen LogP contribution >= 0.6 is 0 Å². The monoisotopic (exact) mass is 143 g/mol. The summed E-state index contributed by atoms with van der Waals surface area (Å²) < 4.78 is 0. The molecule has 0 spiro atoms. The van der Waals surface area contributed by atoms with Gasteiger partial charge in [0.25, 0.3) is 0 Å². The quantitative estimate of drug-likeness (QED) is 0.578. The molecule has 2 atom stereocenters. The number of aliphatic hydroxyl groups excluding tert-OH is 1. The molecular weight excluding hydrogens is 126 g/mol. The van der Waals surface area contributed by atoms with Crippen LogP contribution in [0.4, 0.5) is 0 Å². The lowest BCUT2D eigenvalue weighted by Gasteiger charge is -2.14. The van der Waals surface area contributed by atoms with Crippen LogP contribution in [-0.2, 0) is 0 Å². The van der Waals surface area contributed by atoms with Crippen LogP contribution in [0.15, 0.2) is 12.2 Å². The first kappa shape index (κ1) is 9.66. The lowest BCUT2D eigenvalue weighted by molar-refractivity contribution is 0.141. The first-order chi connectivity index (χ1) is 4.72. The molecule has 0 heterocycles. The SMILES string of the molecule is CC=CCC(N)C(O)CC. The molecule has 0 aliphatic rings. The summed E-state index contributed by atoms with van der Waals surface area (Å²) in [5.74, 6) is 0. The van der Waals surface area contributed by atoms with Crippen molar-refractivity contribution < 1.29 is 5.11 Å². The molecule has 0 aromatic heterocycles. The van der Waals surface area contributed by atoms with Gasteiger partial charge in [0.2, 0.25) is 0 Å². The van der Waals surface area contributed by atoms with Crippen LogP contribution in [0.2, 0.25) is 0 Å². The van der Waals surface area contributed by atoms with Crippen LogP contribution in [0.25, 0.3) is 0 Å². The fraction of sp³-hybridized carbons (Fsp3) is 0.750. The van der Waals surface area contributed by atoms with Crippen molar-refractivity contribution in [2.75, 3.05) is 0 Å². The number of allylic oxidation sites excluding steroid dienone is 1. The molecule has 0 saturated heterocycles. The molecule has 0 aliphatic heterocycles. The summed E-state index contributed by atoms with van der Waals surface area (Å²) in [7, 11) is 0. The number of aliphatic hydroxyl groups is 1. The fourth-order valence-electron chi connectivity index (χ4n) is 0.753. The van der Waals surface area contributed by atoms with E-state index in [2.05, 4.69) is 0 Å². The van der Waals surface area contributed by atoms with E-state index >= 15 is 0 Å². The summed E-state index contributed by atoms with van der Waals surface area (Å²) in [5, 5.41) is 9.19. The highest BCUT2D eigenvalue weighted by atomic mass is 16.3. The second-order valence-corrected chi connectivity index (χ2v) is 2.44. The average Bonchev–Trinajstić information content (AvgIpc) is 1.98. The molecule has 2 unspecified atom stereocenters. The highest BCUT2D eigenvalue weighted by molar-refractivity contribution is 4.84. The lowest BCUT2D eigenvalue weighted by atomic mass is 10.1. The Morgan fingerprint density at radius 3 is 2.60 bits per heavy atom. The molecule has 3 N–H and O–H groups in total. The van der Waals surface area contributed by atoms with Gasteiger partial charge in [-0.25, -0.2) is 0 Å². The molecule has 0 amide bonds. The number of rotatable bonds is 4. The minimum atomic E-state index is -0.351. The van der Waals surface area contributed by atoms with Crippen LogP contribution < -0.4 is 5.73 Å². The van der Waals surface area contributed by atoms with E-state index in [0.717, 1.165) is 12.8 Å².